The topological polar surface area (TPSA) is 91.6 Å². The van der Waals surface area contributed by atoms with Gasteiger partial charge >= 0.3 is 0 Å². The zero-order chi connectivity index (χ0) is 26.5. The third kappa shape index (κ3) is 6.46. The third-order valence-electron chi connectivity index (χ3n) is 6.01. The number of anilines is 2. The van der Waals surface area contributed by atoms with Crippen molar-refractivity contribution in [2.24, 2.45) is 0 Å². The van der Waals surface area contributed by atoms with E-state index in [0.29, 0.717) is 35.5 Å². The predicted octanol–water partition coefficient (Wildman–Crippen LogP) is 5.95. The molecule has 0 spiro atoms. The van der Waals surface area contributed by atoms with Gasteiger partial charge in [0.15, 0.2) is 0 Å². The molecule has 1 saturated heterocycles. The number of rotatable bonds is 7. The lowest BCUT2D eigenvalue weighted by Crippen LogP contribution is -2.48. The number of nitrogens with one attached hydrogen (secondary N) is 1. The number of carbonyl (C=O) groups is 2. The molecule has 2 heterocycles. The molecule has 1 aliphatic heterocycles. The largest absolute Gasteiger partial charge is 0.411 e. The van der Waals surface area contributed by atoms with Gasteiger partial charge in [0.25, 0.3) is 11.1 Å². The number of halogens is 2. The van der Waals surface area contributed by atoms with Gasteiger partial charge in [0.05, 0.1) is 11.3 Å². The molecule has 3 aromatic carbocycles. The molecule has 0 unspecified atom stereocenters. The quantitative estimate of drug-likeness (QED) is 0.246. The van der Waals surface area contributed by atoms with Gasteiger partial charge in [0, 0.05) is 52.1 Å². The van der Waals surface area contributed by atoms with Crippen molar-refractivity contribution in [3.63, 3.8) is 0 Å². The van der Waals surface area contributed by atoms with Crippen LogP contribution in [-0.4, -0.2) is 58.8 Å². The minimum absolute atomic E-state index is 0.0535. The Labute approximate surface area is 241 Å². The maximum absolute atomic E-state index is 12.8. The summed E-state index contributed by atoms with van der Waals surface area (Å²) in [5, 5.41) is 11.3. The molecule has 4 aromatic rings. The van der Waals surface area contributed by atoms with E-state index in [2.05, 4.69) is 52.3 Å². The Morgan fingerprint density at radius 3 is 2.32 bits per heavy atom. The molecule has 1 N–H and O–H groups in total. The fourth-order valence-electron chi connectivity index (χ4n) is 4.03. The zero-order valence-electron chi connectivity index (χ0n) is 20.1. The van der Waals surface area contributed by atoms with Crippen LogP contribution in [0.2, 0.25) is 0 Å². The maximum Gasteiger partial charge on any atom is 0.277 e. The van der Waals surface area contributed by atoms with Crippen LogP contribution < -0.4 is 10.2 Å². The minimum atomic E-state index is -0.163. The van der Waals surface area contributed by atoms with Crippen LogP contribution in [0.3, 0.4) is 0 Å². The lowest BCUT2D eigenvalue weighted by molar-refractivity contribution is -0.113. The second-order valence-electron chi connectivity index (χ2n) is 8.52. The average molecular weight is 657 g/mol. The van der Waals surface area contributed by atoms with E-state index < -0.39 is 0 Å². The van der Waals surface area contributed by atoms with E-state index in [1.165, 1.54) is 11.8 Å². The smallest absolute Gasteiger partial charge is 0.277 e. The number of carbonyl (C=O) groups excluding carboxylic acids is 2. The van der Waals surface area contributed by atoms with Crippen LogP contribution in [0.1, 0.15) is 10.4 Å². The summed E-state index contributed by atoms with van der Waals surface area (Å²) in [6, 6.07) is 22.8. The van der Waals surface area contributed by atoms with Crippen molar-refractivity contribution in [2.45, 2.75) is 5.22 Å². The van der Waals surface area contributed by atoms with Gasteiger partial charge in [-0.2, -0.15) is 0 Å². The van der Waals surface area contributed by atoms with Crippen LogP contribution >= 0.6 is 43.6 Å². The summed E-state index contributed by atoms with van der Waals surface area (Å²) in [6.07, 6.45) is 0. The third-order valence-corrected chi connectivity index (χ3v) is 8.05. The molecule has 2 amide bonds. The van der Waals surface area contributed by atoms with Crippen LogP contribution in [0.15, 0.2) is 91.4 Å². The molecule has 0 bridgehead atoms. The Bertz CT molecular complexity index is 1420. The molecule has 194 valence electrons. The molecule has 1 aliphatic rings. The first-order valence-electron chi connectivity index (χ1n) is 11.9. The first kappa shape index (κ1) is 26.5. The lowest BCUT2D eigenvalue weighted by Gasteiger charge is -2.36. The molecule has 8 nitrogen and oxygen atoms in total. The Morgan fingerprint density at radius 1 is 0.895 bits per heavy atom. The normalized spacial score (nSPS) is 13.4. The molecule has 38 heavy (non-hydrogen) atoms. The standard InChI is InChI=1S/C27H23Br2N5O3S/c28-19-7-5-18(6-8-19)26(36)34-15-13-33(14-16-34)21-11-9-20(10-12-21)30-24(35)17-38-27-32-31-25(37-27)22-3-1-2-4-23(22)29/h1-12H,13-17H2,(H,30,35). The van der Waals surface area contributed by atoms with Crippen LogP contribution in [0, 0.1) is 0 Å². The van der Waals surface area contributed by atoms with E-state index >= 15 is 0 Å². The van der Waals surface area contributed by atoms with E-state index in [0.717, 1.165) is 33.3 Å². The van der Waals surface area contributed by atoms with E-state index in [-0.39, 0.29) is 17.6 Å². The Morgan fingerprint density at radius 2 is 1.61 bits per heavy atom. The number of aromatic nitrogens is 2. The second kappa shape index (κ2) is 12.1. The molecular weight excluding hydrogens is 634 g/mol. The fraction of sp³-hybridized carbons (Fsp3) is 0.185. The molecule has 1 aromatic heterocycles. The van der Waals surface area contributed by atoms with Crippen molar-refractivity contribution in [1.29, 1.82) is 0 Å². The van der Waals surface area contributed by atoms with Crippen molar-refractivity contribution < 1.29 is 14.0 Å². The lowest BCUT2D eigenvalue weighted by atomic mass is 10.1. The van der Waals surface area contributed by atoms with Crippen LogP contribution in [0.4, 0.5) is 11.4 Å². The summed E-state index contributed by atoms with van der Waals surface area (Å²) < 4.78 is 7.50. The van der Waals surface area contributed by atoms with Gasteiger partial charge in [-0.1, -0.05) is 39.8 Å². The van der Waals surface area contributed by atoms with Gasteiger partial charge < -0.3 is 19.5 Å². The van der Waals surface area contributed by atoms with Gasteiger partial charge in [0.2, 0.25) is 11.8 Å². The second-order valence-corrected chi connectivity index (χ2v) is 11.2. The van der Waals surface area contributed by atoms with Crippen molar-refractivity contribution in [1.82, 2.24) is 15.1 Å². The number of amides is 2. The molecule has 0 atom stereocenters. The van der Waals surface area contributed by atoms with Gasteiger partial charge in [-0.3, -0.25) is 9.59 Å². The molecule has 5 rings (SSSR count). The van der Waals surface area contributed by atoms with Gasteiger partial charge in [0.1, 0.15) is 0 Å². The number of hydrogen-bond donors (Lipinski definition) is 1. The Hall–Kier alpha value is -3.15. The summed E-state index contributed by atoms with van der Waals surface area (Å²) in [5.41, 5.74) is 3.26. The molecule has 1 fully saturated rings. The SMILES string of the molecule is O=C(CSc1nnc(-c2ccccc2Br)o1)Nc1ccc(N2CCN(C(=O)c3ccc(Br)cc3)CC2)cc1. The first-order valence-corrected chi connectivity index (χ1v) is 14.4. The Kier molecular flexibility index (Phi) is 8.45. The molecule has 0 saturated carbocycles. The summed E-state index contributed by atoms with van der Waals surface area (Å²) in [6.45, 7) is 2.80. The number of hydrogen-bond acceptors (Lipinski definition) is 7. The fourth-order valence-corrected chi connectivity index (χ4v) is 5.32. The highest BCUT2D eigenvalue weighted by Gasteiger charge is 2.22. The summed E-state index contributed by atoms with van der Waals surface area (Å²) in [5.74, 6) is 0.434. The number of nitrogens with zero attached hydrogens (tertiary/aromatic N) is 4. The summed E-state index contributed by atoms with van der Waals surface area (Å²) in [7, 11) is 0. The maximum atomic E-state index is 12.8. The summed E-state index contributed by atoms with van der Waals surface area (Å²) in [4.78, 5) is 29.3. The monoisotopic (exact) mass is 655 g/mol. The van der Waals surface area contributed by atoms with Gasteiger partial charge in [-0.05, 0) is 76.6 Å². The van der Waals surface area contributed by atoms with E-state index in [4.69, 9.17) is 4.42 Å². The van der Waals surface area contributed by atoms with Crippen LogP contribution in [-0.2, 0) is 4.79 Å². The van der Waals surface area contributed by atoms with Gasteiger partial charge in [-0.25, -0.2) is 0 Å². The Balaban J connectivity index is 1.09. The van der Waals surface area contributed by atoms with Crippen molar-refractivity contribution in [3.05, 3.63) is 87.3 Å². The number of piperazine rings is 1. The van der Waals surface area contributed by atoms with Crippen molar-refractivity contribution >= 4 is 66.8 Å². The zero-order valence-corrected chi connectivity index (χ0v) is 24.1. The highest BCUT2D eigenvalue weighted by molar-refractivity contribution is 9.10. The molecular formula is C27H23Br2N5O3S. The highest BCUT2D eigenvalue weighted by Crippen LogP contribution is 2.29. The van der Waals surface area contributed by atoms with E-state index in [9.17, 15) is 9.59 Å². The van der Waals surface area contributed by atoms with Crippen LogP contribution in [0.25, 0.3) is 11.5 Å². The summed E-state index contributed by atoms with van der Waals surface area (Å²) >= 11 is 8.06. The van der Waals surface area contributed by atoms with Crippen molar-refractivity contribution in [3.8, 4) is 11.5 Å². The molecule has 0 radical (unpaired) electrons. The van der Waals surface area contributed by atoms with E-state index in [1.54, 1.807) is 0 Å². The average Bonchev–Trinajstić information content (AvgIpc) is 3.42. The number of thioether (sulfide) groups is 1. The van der Waals surface area contributed by atoms with Gasteiger partial charge in [-0.15, -0.1) is 10.2 Å². The van der Waals surface area contributed by atoms with E-state index in [1.807, 2.05) is 77.7 Å². The first-order chi connectivity index (χ1) is 18.5. The molecule has 11 heteroatoms. The number of benzene rings is 3. The van der Waals surface area contributed by atoms with Crippen molar-refractivity contribution in [2.75, 3.05) is 42.1 Å². The minimum Gasteiger partial charge on any atom is -0.411 e. The van der Waals surface area contributed by atoms with Crippen LogP contribution in [0.5, 0.6) is 0 Å². The molecule has 0 aliphatic carbocycles. The predicted molar refractivity (Wildman–Crippen MR) is 155 cm³/mol. The highest BCUT2D eigenvalue weighted by atomic mass is 79.9.